The zero-order valence-electron chi connectivity index (χ0n) is 17.9. The van der Waals surface area contributed by atoms with Gasteiger partial charge in [-0.1, -0.05) is 13.8 Å². The second-order valence-electron chi connectivity index (χ2n) is 8.22. The molecule has 0 bridgehead atoms. The standard InChI is InChI=1S/C19H39N5O2.HI/c1-15(2)16(24-12-7-8-13-24)14-23-17(20-6)21-10-9-11-22-18(25)26-19(3,4)5;/h15-16H,7-14H2,1-6H3,(H,22,25)(H2,20,21,23);1H. The zero-order valence-corrected chi connectivity index (χ0v) is 20.3. The van der Waals surface area contributed by atoms with E-state index in [-0.39, 0.29) is 30.1 Å². The van der Waals surface area contributed by atoms with Crippen LogP contribution in [0.1, 0.15) is 53.9 Å². The number of rotatable bonds is 8. The fourth-order valence-corrected chi connectivity index (χ4v) is 3.08. The Labute approximate surface area is 182 Å². The molecular weight excluding hydrogens is 457 g/mol. The molecule has 1 aliphatic rings. The Morgan fingerprint density at radius 3 is 2.22 bits per heavy atom. The molecule has 1 aliphatic heterocycles. The van der Waals surface area contributed by atoms with Gasteiger partial charge in [-0.05, 0) is 59.0 Å². The van der Waals surface area contributed by atoms with Gasteiger partial charge in [0, 0.05) is 32.7 Å². The minimum atomic E-state index is -0.462. The van der Waals surface area contributed by atoms with Crippen molar-refractivity contribution in [1.29, 1.82) is 0 Å². The Balaban J connectivity index is 0.00000676. The molecule has 1 heterocycles. The predicted molar refractivity (Wildman–Crippen MR) is 123 cm³/mol. The summed E-state index contributed by atoms with van der Waals surface area (Å²) in [4.78, 5) is 18.5. The number of alkyl carbamates (subject to hydrolysis) is 1. The molecule has 0 aliphatic carbocycles. The summed E-state index contributed by atoms with van der Waals surface area (Å²) in [6, 6.07) is 0.532. The third kappa shape index (κ3) is 11.6. The Morgan fingerprint density at radius 2 is 1.70 bits per heavy atom. The van der Waals surface area contributed by atoms with Gasteiger partial charge in [0.2, 0.25) is 0 Å². The summed E-state index contributed by atoms with van der Waals surface area (Å²) in [5.41, 5.74) is -0.462. The molecule has 0 aromatic rings. The van der Waals surface area contributed by atoms with E-state index in [9.17, 15) is 4.79 Å². The van der Waals surface area contributed by atoms with Crippen LogP contribution in [0.2, 0.25) is 0 Å². The molecule has 0 aromatic carbocycles. The van der Waals surface area contributed by atoms with Gasteiger partial charge in [-0.3, -0.25) is 9.89 Å². The first-order chi connectivity index (χ1) is 12.2. The minimum Gasteiger partial charge on any atom is -0.444 e. The molecule has 27 heavy (non-hydrogen) atoms. The molecule has 1 unspecified atom stereocenters. The number of hydrogen-bond acceptors (Lipinski definition) is 4. The normalized spacial score (nSPS) is 16.6. The van der Waals surface area contributed by atoms with Crippen molar-refractivity contribution in [2.75, 3.05) is 39.8 Å². The van der Waals surface area contributed by atoms with Gasteiger partial charge in [-0.15, -0.1) is 24.0 Å². The zero-order chi connectivity index (χ0) is 19.6. The molecule has 1 atom stereocenters. The van der Waals surface area contributed by atoms with Crippen molar-refractivity contribution in [1.82, 2.24) is 20.9 Å². The molecule has 1 amide bonds. The fourth-order valence-electron chi connectivity index (χ4n) is 3.08. The number of amides is 1. The van der Waals surface area contributed by atoms with Gasteiger partial charge >= 0.3 is 6.09 Å². The average molecular weight is 497 g/mol. The van der Waals surface area contributed by atoms with Crippen molar-refractivity contribution in [2.24, 2.45) is 10.9 Å². The third-order valence-corrected chi connectivity index (χ3v) is 4.40. The number of carbonyl (C=O) groups is 1. The summed E-state index contributed by atoms with van der Waals surface area (Å²) in [6.07, 6.45) is 3.05. The number of nitrogens with zero attached hydrogens (tertiary/aromatic N) is 2. The lowest BCUT2D eigenvalue weighted by Gasteiger charge is -2.31. The lowest BCUT2D eigenvalue weighted by Crippen LogP contribution is -2.48. The van der Waals surface area contributed by atoms with Gasteiger partial charge in [0.25, 0.3) is 0 Å². The number of guanidine groups is 1. The second kappa shape index (κ2) is 13.4. The Kier molecular flexibility index (Phi) is 13.0. The number of ether oxygens (including phenoxy) is 1. The van der Waals surface area contributed by atoms with Gasteiger partial charge in [-0.25, -0.2) is 4.79 Å². The minimum absolute atomic E-state index is 0. The fraction of sp³-hybridized carbons (Fsp3) is 0.895. The van der Waals surface area contributed by atoms with E-state index in [1.165, 1.54) is 25.9 Å². The van der Waals surface area contributed by atoms with Crippen molar-refractivity contribution in [3.05, 3.63) is 0 Å². The smallest absolute Gasteiger partial charge is 0.407 e. The summed E-state index contributed by atoms with van der Waals surface area (Å²) >= 11 is 0. The van der Waals surface area contributed by atoms with Gasteiger partial charge in [0.15, 0.2) is 5.96 Å². The van der Waals surface area contributed by atoms with Gasteiger partial charge < -0.3 is 20.7 Å². The van der Waals surface area contributed by atoms with E-state index < -0.39 is 5.60 Å². The first kappa shape index (κ1) is 26.2. The van der Waals surface area contributed by atoms with E-state index in [2.05, 4.69) is 39.7 Å². The Hall–Kier alpha value is -0.770. The molecule has 3 N–H and O–H groups in total. The van der Waals surface area contributed by atoms with Crippen molar-refractivity contribution in [3.8, 4) is 0 Å². The number of nitrogens with one attached hydrogen (secondary N) is 3. The highest BCUT2D eigenvalue weighted by Crippen LogP contribution is 2.17. The molecular formula is C19H40IN5O2. The summed E-state index contributed by atoms with van der Waals surface area (Å²) in [7, 11) is 1.79. The molecule has 160 valence electrons. The topological polar surface area (TPSA) is 78.0 Å². The largest absolute Gasteiger partial charge is 0.444 e. The molecule has 0 spiro atoms. The monoisotopic (exact) mass is 497 g/mol. The van der Waals surface area contributed by atoms with E-state index in [1.54, 1.807) is 7.05 Å². The van der Waals surface area contributed by atoms with Gasteiger partial charge in [0.1, 0.15) is 5.60 Å². The molecule has 1 rings (SSSR count). The van der Waals surface area contributed by atoms with Crippen LogP contribution in [0.5, 0.6) is 0 Å². The van der Waals surface area contributed by atoms with E-state index >= 15 is 0 Å². The number of likely N-dealkylation sites (tertiary alicyclic amines) is 1. The van der Waals surface area contributed by atoms with Crippen LogP contribution in [0.3, 0.4) is 0 Å². The SMILES string of the molecule is CN=C(NCCCNC(=O)OC(C)(C)C)NCC(C(C)C)N1CCCC1.I. The Bertz CT molecular complexity index is 446. The van der Waals surface area contributed by atoms with Crippen LogP contribution in [0, 0.1) is 5.92 Å². The number of hydrogen-bond donors (Lipinski definition) is 3. The van der Waals surface area contributed by atoms with Gasteiger partial charge in [0.05, 0.1) is 0 Å². The first-order valence-electron chi connectivity index (χ1n) is 9.88. The van der Waals surface area contributed by atoms with Crippen LogP contribution in [0.4, 0.5) is 4.79 Å². The maximum Gasteiger partial charge on any atom is 0.407 e. The van der Waals surface area contributed by atoms with Crippen molar-refractivity contribution in [3.63, 3.8) is 0 Å². The number of aliphatic imine (C=N–C) groups is 1. The van der Waals surface area contributed by atoms with Crippen molar-refractivity contribution in [2.45, 2.75) is 65.5 Å². The van der Waals surface area contributed by atoms with Crippen LogP contribution in [-0.2, 0) is 4.74 Å². The highest BCUT2D eigenvalue weighted by Gasteiger charge is 2.24. The average Bonchev–Trinajstić information content (AvgIpc) is 3.04. The van der Waals surface area contributed by atoms with Crippen LogP contribution < -0.4 is 16.0 Å². The van der Waals surface area contributed by atoms with Crippen LogP contribution in [0.25, 0.3) is 0 Å². The van der Waals surface area contributed by atoms with Crippen LogP contribution in [-0.4, -0.2) is 68.4 Å². The summed E-state index contributed by atoms with van der Waals surface area (Å²) < 4.78 is 5.21. The summed E-state index contributed by atoms with van der Waals surface area (Å²) in [5, 5.41) is 9.51. The van der Waals surface area contributed by atoms with E-state index in [1.807, 2.05) is 20.8 Å². The molecule has 1 fully saturated rings. The molecule has 7 nitrogen and oxygen atoms in total. The highest BCUT2D eigenvalue weighted by atomic mass is 127. The highest BCUT2D eigenvalue weighted by molar-refractivity contribution is 14.0. The van der Waals surface area contributed by atoms with Crippen LogP contribution >= 0.6 is 24.0 Å². The summed E-state index contributed by atoms with van der Waals surface area (Å²) in [6.45, 7) is 14.7. The Morgan fingerprint density at radius 1 is 1.11 bits per heavy atom. The van der Waals surface area contributed by atoms with Crippen molar-refractivity contribution < 1.29 is 9.53 Å². The summed E-state index contributed by atoms with van der Waals surface area (Å²) in [5.74, 6) is 1.42. The molecule has 0 radical (unpaired) electrons. The van der Waals surface area contributed by atoms with E-state index in [4.69, 9.17) is 4.74 Å². The predicted octanol–water partition coefficient (Wildman–Crippen LogP) is 2.80. The van der Waals surface area contributed by atoms with E-state index in [0.717, 1.165) is 25.5 Å². The molecule has 8 heteroatoms. The third-order valence-electron chi connectivity index (χ3n) is 4.40. The maximum absolute atomic E-state index is 11.6. The maximum atomic E-state index is 11.6. The number of carbonyl (C=O) groups excluding carboxylic acids is 1. The lowest BCUT2D eigenvalue weighted by molar-refractivity contribution is 0.0527. The van der Waals surface area contributed by atoms with Crippen LogP contribution in [0.15, 0.2) is 4.99 Å². The van der Waals surface area contributed by atoms with Gasteiger partial charge in [-0.2, -0.15) is 0 Å². The number of halogens is 1. The molecule has 0 aromatic heterocycles. The molecule has 1 saturated heterocycles. The second-order valence-corrected chi connectivity index (χ2v) is 8.22. The van der Waals surface area contributed by atoms with Crippen molar-refractivity contribution >= 4 is 36.0 Å². The van der Waals surface area contributed by atoms with E-state index in [0.29, 0.717) is 18.5 Å². The quantitative estimate of drug-likeness (QED) is 0.208. The first-order valence-corrected chi connectivity index (χ1v) is 9.88. The molecule has 0 saturated carbocycles. The lowest BCUT2D eigenvalue weighted by atomic mass is 10.0.